The number of ether oxygens (including phenoxy) is 1. The number of hydrogen-bond donors (Lipinski definition) is 1. The Hall–Kier alpha value is -1.82. The SMILES string of the molecule is Cc1n[nH]c(C)c1C(=O)N(C)CCOc1ccc(Br)cc1. The summed E-state index contributed by atoms with van der Waals surface area (Å²) in [6, 6.07) is 7.61. The van der Waals surface area contributed by atoms with Crippen molar-refractivity contribution in [1.29, 1.82) is 0 Å². The molecule has 1 aromatic heterocycles. The maximum atomic E-state index is 12.3. The molecule has 1 aromatic carbocycles. The van der Waals surface area contributed by atoms with E-state index in [1.807, 2.05) is 38.1 Å². The number of carbonyl (C=O) groups excluding carboxylic acids is 1. The molecule has 0 fully saturated rings. The van der Waals surface area contributed by atoms with Crippen LogP contribution in [-0.2, 0) is 0 Å². The van der Waals surface area contributed by atoms with Gasteiger partial charge < -0.3 is 9.64 Å². The van der Waals surface area contributed by atoms with Crippen molar-refractivity contribution in [2.75, 3.05) is 20.2 Å². The number of H-pyrrole nitrogens is 1. The summed E-state index contributed by atoms with van der Waals surface area (Å²) in [7, 11) is 1.76. The number of nitrogens with zero attached hydrogens (tertiary/aromatic N) is 2. The van der Waals surface area contributed by atoms with Crippen molar-refractivity contribution >= 4 is 21.8 Å². The Labute approximate surface area is 132 Å². The number of aryl methyl sites for hydroxylation is 2. The van der Waals surface area contributed by atoms with Crippen LogP contribution in [0, 0.1) is 13.8 Å². The van der Waals surface area contributed by atoms with Gasteiger partial charge in [-0.05, 0) is 38.1 Å². The number of halogens is 1. The van der Waals surface area contributed by atoms with E-state index in [1.165, 1.54) is 0 Å². The van der Waals surface area contributed by atoms with Crippen LogP contribution >= 0.6 is 15.9 Å². The van der Waals surface area contributed by atoms with E-state index in [0.29, 0.717) is 18.7 Å². The molecule has 0 unspecified atom stereocenters. The predicted molar refractivity (Wildman–Crippen MR) is 84.7 cm³/mol. The Morgan fingerprint density at radius 2 is 2.00 bits per heavy atom. The molecule has 0 atom stereocenters. The van der Waals surface area contributed by atoms with E-state index < -0.39 is 0 Å². The van der Waals surface area contributed by atoms with Crippen LogP contribution in [0.2, 0.25) is 0 Å². The van der Waals surface area contributed by atoms with Crippen molar-refractivity contribution in [2.24, 2.45) is 0 Å². The summed E-state index contributed by atoms with van der Waals surface area (Å²) in [5.41, 5.74) is 2.15. The van der Waals surface area contributed by atoms with Crippen LogP contribution in [0.3, 0.4) is 0 Å². The van der Waals surface area contributed by atoms with Gasteiger partial charge in [-0.1, -0.05) is 15.9 Å². The molecular weight excluding hydrogens is 334 g/mol. The van der Waals surface area contributed by atoms with Gasteiger partial charge in [0.1, 0.15) is 12.4 Å². The van der Waals surface area contributed by atoms with E-state index in [1.54, 1.807) is 11.9 Å². The maximum Gasteiger partial charge on any atom is 0.257 e. The molecule has 1 heterocycles. The van der Waals surface area contributed by atoms with Gasteiger partial charge in [-0.3, -0.25) is 9.89 Å². The largest absolute Gasteiger partial charge is 0.492 e. The van der Waals surface area contributed by atoms with Crippen LogP contribution in [0.5, 0.6) is 5.75 Å². The van der Waals surface area contributed by atoms with E-state index >= 15 is 0 Å². The quantitative estimate of drug-likeness (QED) is 0.900. The first-order valence-electron chi connectivity index (χ1n) is 6.64. The van der Waals surface area contributed by atoms with E-state index in [0.717, 1.165) is 21.6 Å². The summed E-state index contributed by atoms with van der Waals surface area (Å²) in [4.78, 5) is 14.0. The molecule has 0 saturated carbocycles. The van der Waals surface area contributed by atoms with Crippen LogP contribution < -0.4 is 4.74 Å². The third kappa shape index (κ3) is 3.85. The van der Waals surface area contributed by atoms with Gasteiger partial charge in [0.25, 0.3) is 5.91 Å². The Morgan fingerprint density at radius 1 is 1.33 bits per heavy atom. The average molecular weight is 352 g/mol. The second-order valence-electron chi connectivity index (χ2n) is 4.84. The first-order chi connectivity index (χ1) is 9.99. The van der Waals surface area contributed by atoms with Gasteiger partial charge in [0.2, 0.25) is 0 Å². The van der Waals surface area contributed by atoms with Gasteiger partial charge in [0.05, 0.1) is 17.8 Å². The van der Waals surface area contributed by atoms with E-state index in [-0.39, 0.29) is 5.91 Å². The van der Waals surface area contributed by atoms with Crippen LogP contribution in [0.15, 0.2) is 28.7 Å². The second-order valence-corrected chi connectivity index (χ2v) is 5.75. The fourth-order valence-electron chi connectivity index (χ4n) is 1.99. The van der Waals surface area contributed by atoms with Crippen LogP contribution in [0.1, 0.15) is 21.7 Å². The van der Waals surface area contributed by atoms with Crippen molar-refractivity contribution in [3.63, 3.8) is 0 Å². The number of aromatic amines is 1. The molecule has 21 heavy (non-hydrogen) atoms. The Bertz CT molecular complexity index is 603. The number of amides is 1. The molecule has 1 amide bonds. The van der Waals surface area contributed by atoms with Gasteiger partial charge in [-0.2, -0.15) is 5.10 Å². The summed E-state index contributed by atoms with van der Waals surface area (Å²) in [5, 5.41) is 6.87. The van der Waals surface area contributed by atoms with Gasteiger partial charge in [-0.15, -0.1) is 0 Å². The first kappa shape index (κ1) is 15.6. The molecule has 2 aromatic rings. The Balaban J connectivity index is 1.88. The molecule has 112 valence electrons. The molecule has 1 N–H and O–H groups in total. The summed E-state index contributed by atoms with van der Waals surface area (Å²) in [5.74, 6) is 0.743. The molecule has 0 radical (unpaired) electrons. The minimum atomic E-state index is -0.0434. The number of hydrogen-bond acceptors (Lipinski definition) is 3. The standard InChI is InChI=1S/C15H18BrN3O2/c1-10-14(11(2)18-17-10)15(20)19(3)8-9-21-13-6-4-12(16)5-7-13/h4-7H,8-9H2,1-3H3,(H,17,18). The lowest BCUT2D eigenvalue weighted by molar-refractivity contribution is 0.0772. The third-order valence-electron chi connectivity index (χ3n) is 3.20. The zero-order valence-electron chi connectivity index (χ0n) is 12.3. The molecule has 0 aliphatic rings. The van der Waals surface area contributed by atoms with Crippen molar-refractivity contribution in [2.45, 2.75) is 13.8 Å². The average Bonchev–Trinajstić information content (AvgIpc) is 2.79. The van der Waals surface area contributed by atoms with Crippen molar-refractivity contribution < 1.29 is 9.53 Å². The lowest BCUT2D eigenvalue weighted by Crippen LogP contribution is -2.31. The van der Waals surface area contributed by atoms with E-state index in [2.05, 4.69) is 26.1 Å². The highest BCUT2D eigenvalue weighted by molar-refractivity contribution is 9.10. The van der Waals surface area contributed by atoms with Crippen LogP contribution in [0.4, 0.5) is 0 Å². The minimum Gasteiger partial charge on any atom is -0.492 e. The first-order valence-corrected chi connectivity index (χ1v) is 7.43. The highest BCUT2D eigenvalue weighted by atomic mass is 79.9. The van der Waals surface area contributed by atoms with Crippen LogP contribution in [-0.4, -0.2) is 41.2 Å². The fourth-order valence-corrected chi connectivity index (χ4v) is 2.25. The normalized spacial score (nSPS) is 10.5. The molecule has 0 aliphatic heterocycles. The zero-order valence-corrected chi connectivity index (χ0v) is 13.9. The minimum absolute atomic E-state index is 0.0434. The Morgan fingerprint density at radius 3 is 2.57 bits per heavy atom. The number of rotatable bonds is 5. The second kappa shape index (κ2) is 6.76. The van der Waals surface area contributed by atoms with Gasteiger partial charge >= 0.3 is 0 Å². The monoisotopic (exact) mass is 351 g/mol. The number of benzene rings is 1. The van der Waals surface area contributed by atoms with Crippen LogP contribution in [0.25, 0.3) is 0 Å². The van der Waals surface area contributed by atoms with E-state index in [4.69, 9.17) is 4.74 Å². The number of nitrogens with one attached hydrogen (secondary N) is 1. The molecule has 0 bridgehead atoms. The molecule has 0 aliphatic carbocycles. The maximum absolute atomic E-state index is 12.3. The molecule has 6 heteroatoms. The lowest BCUT2D eigenvalue weighted by Gasteiger charge is -2.17. The highest BCUT2D eigenvalue weighted by Gasteiger charge is 2.18. The van der Waals surface area contributed by atoms with Crippen molar-refractivity contribution in [3.05, 3.63) is 45.7 Å². The molecular formula is C15H18BrN3O2. The number of likely N-dealkylation sites (N-methyl/N-ethyl adjacent to an activating group) is 1. The summed E-state index contributed by atoms with van der Waals surface area (Å²) in [6.07, 6.45) is 0. The third-order valence-corrected chi connectivity index (χ3v) is 3.73. The fraction of sp³-hybridized carbons (Fsp3) is 0.333. The number of aromatic nitrogens is 2. The smallest absolute Gasteiger partial charge is 0.257 e. The Kier molecular flexibility index (Phi) is 5.01. The number of carbonyl (C=O) groups is 1. The summed E-state index contributed by atoms with van der Waals surface area (Å²) >= 11 is 3.37. The molecule has 0 spiro atoms. The summed E-state index contributed by atoms with van der Waals surface area (Å²) < 4.78 is 6.63. The van der Waals surface area contributed by atoms with E-state index in [9.17, 15) is 4.79 Å². The van der Waals surface area contributed by atoms with Crippen molar-refractivity contribution in [3.8, 4) is 5.75 Å². The molecule has 2 rings (SSSR count). The molecule has 5 nitrogen and oxygen atoms in total. The predicted octanol–water partition coefficient (Wildman–Crippen LogP) is 2.94. The zero-order chi connectivity index (χ0) is 15.4. The lowest BCUT2D eigenvalue weighted by atomic mass is 10.2. The molecule has 0 saturated heterocycles. The van der Waals surface area contributed by atoms with Gasteiger partial charge in [-0.25, -0.2) is 0 Å². The topological polar surface area (TPSA) is 58.2 Å². The van der Waals surface area contributed by atoms with Gasteiger partial charge in [0, 0.05) is 17.2 Å². The van der Waals surface area contributed by atoms with Gasteiger partial charge in [0.15, 0.2) is 0 Å². The summed E-state index contributed by atoms with van der Waals surface area (Å²) in [6.45, 7) is 4.63. The highest BCUT2D eigenvalue weighted by Crippen LogP contribution is 2.16. The van der Waals surface area contributed by atoms with Crippen molar-refractivity contribution in [1.82, 2.24) is 15.1 Å².